The third-order valence-electron chi connectivity index (χ3n) is 6.09. The number of ether oxygens (including phenoxy) is 1. The quantitative estimate of drug-likeness (QED) is 0.798. The van der Waals surface area contributed by atoms with Crippen molar-refractivity contribution in [1.29, 1.82) is 0 Å². The standard InChI is InChI=1S/C22H30N4O3/c1-14-10-20(29-26-14)19-13-23-15(2)25-22(19)17-7-5-16(6-8-17)12-24-21(27)11-18-4-3-9-28-18/h10,13,16-18H,3-9,11-12H2,1-2H3,(H,24,27). The van der Waals surface area contributed by atoms with Crippen LogP contribution in [-0.4, -0.2) is 40.3 Å². The van der Waals surface area contributed by atoms with Crippen molar-refractivity contribution in [3.63, 3.8) is 0 Å². The van der Waals surface area contributed by atoms with Gasteiger partial charge in [0.05, 0.1) is 29.5 Å². The molecule has 4 rings (SSSR count). The van der Waals surface area contributed by atoms with Gasteiger partial charge in [-0.2, -0.15) is 0 Å². The van der Waals surface area contributed by atoms with Crippen LogP contribution in [0.2, 0.25) is 0 Å². The maximum atomic E-state index is 12.1. The van der Waals surface area contributed by atoms with Crippen molar-refractivity contribution in [1.82, 2.24) is 20.4 Å². The molecule has 2 fully saturated rings. The molecule has 1 aliphatic heterocycles. The molecule has 0 aromatic carbocycles. The molecular weight excluding hydrogens is 368 g/mol. The normalized spacial score (nSPS) is 24.6. The Bertz CT molecular complexity index is 836. The van der Waals surface area contributed by atoms with Crippen molar-refractivity contribution in [3.05, 3.63) is 29.5 Å². The maximum Gasteiger partial charge on any atom is 0.222 e. The zero-order chi connectivity index (χ0) is 20.2. The Morgan fingerprint density at radius 1 is 1.21 bits per heavy atom. The monoisotopic (exact) mass is 398 g/mol. The minimum atomic E-state index is 0.116. The first-order valence-electron chi connectivity index (χ1n) is 10.7. The minimum absolute atomic E-state index is 0.116. The van der Waals surface area contributed by atoms with Crippen LogP contribution >= 0.6 is 0 Å². The van der Waals surface area contributed by atoms with Gasteiger partial charge >= 0.3 is 0 Å². The van der Waals surface area contributed by atoms with E-state index < -0.39 is 0 Å². The molecule has 1 amide bonds. The molecule has 1 saturated carbocycles. The summed E-state index contributed by atoms with van der Waals surface area (Å²) in [6.07, 6.45) is 8.83. The molecule has 0 radical (unpaired) electrons. The highest BCUT2D eigenvalue weighted by Crippen LogP contribution is 2.38. The Labute approximate surface area is 171 Å². The summed E-state index contributed by atoms with van der Waals surface area (Å²) in [6, 6.07) is 1.94. The zero-order valence-corrected chi connectivity index (χ0v) is 17.3. The second-order valence-corrected chi connectivity index (χ2v) is 8.41. The summed E-state index contributed by atoms with van der Waals surface area (Å²) in [4.78, 5) is 21.3. The van der Waals surface area contributed by atoms with E-state index in [0.717, 1.165) is 80.2 Å². The highest BCUT2D eigenvalue weighted by atomic mass is 16.5. The molecule has 3 heterocycles. The highest BCUT2D eigenvalue weighted by molar-refractivity contribution is 5.76. The number of carbonyl (C=O) groups is 1. The average molecular weight is 399 g/mol. The van der Waals surface area contributed by atoms with E-state index in [1.165, 1.54) is 0 Å². The van der Waals surface area contributed by atoms with E-state index in [0.29, 0.717) is 18.3 Å². The molecular formula is C22H30N4O3. The van der Waals surface area contributed by atoms with Gasteiger partial charge in [-0.05, 0) is 58.3 Å². The van der Waals surface area contributed by atoms with E-state index in [-0.39, 0.29) is 12.0 Å². The number of aromatic nitrogens is 3. The Morgan fingerprint density at radius 3 is 2.72 bits per heavy atom. The van der Waals surface area contributed by atoms with Crippen LogP contribution in [0.3, 0.4) is 0 Å². The molecule has 1 saturated heterocycles. The van der Waals surface area contributed by atoms with E-state index in [4.69, 9.17) is 14.2 Å². The van der Waals surface area contributed by atoms with E-state index in [9.17, 15) is 4.79 Å². The molecule has 7 heteroatoms. The average Bonchev–Trinajstić information content (AvgIpc) is 3.38. The molecule has 2 aromatic rings. The van der Waals surface area contributed by atoms with E-state index >= 15 is 0 Å². The van der Waals surface area contributed by atoms with Crippen molar-refractivity contribution in [2.24, 2.45) is 5.92 Å². The van der Waals surface area contributed by atoms with Gasteiger partial charge in [0.1, 0.15) is 5.82 Å². The predicted octanol–water partition coefficient (Wildman–Crippen LogP) is 3.71. The highest BCUT2D eigenvalue weighted by Gasteiger charge is 2.27. The van der Waals surface area contributed by atoms with Crippen molar-refractivity contribution in [2.75, 3.05) is 13.2 Å². The fourth-order valence-electron chi connectivity index (χ4n) is 4.46. The molecule has 0 bridgehead atoms. The number of amides is 1. The number of hydrogen-bond donors (Lipinski definition) is 1. The van der Waals surface area contributed by atoms with E-state index in [2.05, 4.69) is 15.5 Å². The summed E-state index contributed by atoms with van der Waals surface area (Å²) in [7, 11) is 0. The largest absolute Gasteiger partial charge is 0.378 e. The lowest BCUT2D eigenvalue weighted by atomic mass is 9.79. The summed E-state index contributed by atoms with van der Waals surface area (Å²) in [6.45, 7) is 5.39. The first-order valence-corrected chi connectivity index (χ1v) is 10.7. The van der Waals surface area contributed by atoms with Crippen LogP contribution in [0.25, 0.3) is 11.3 Å². The maximum absolute atomic E-state index is 12.1. The fourth-order valence-corrected chi connectivity index (χ4v) is 4.46. The van der Waals surface area contributed by atoms with Gasteiger partial charge in [0.2, 0.25) is 5.91 Å². The number of aryl methyl sites for hydroxylation is 2. The van der Waals surface area contributed by atoms with Gasteiger partial charge in [-0.25, -0.2) is 9.97 Å². The Hall–Kier alpha value is -2.28. The zero-order valence-electron chi connectivity index (χ0n) is 17.3. The van der Waals surface area contributed by atoms with Gasteiger partial charge < -0.3 is 14.6 Å². The Kier molecular flexibility index (Phi) is 6.23. The Morgan fingerprint density at radius 2 is 2.03 bits per heavy atom. The molecule has 29 heavy (non-hydrogen) atoms. The van der Waals surface area contributed by atoms with Crippen LogP contribution < -0.4 is 5.32 Å². The SMILES string of the molecule is Cc1cc(-c2cnc(C)nc2C2CCC(CNC(=O)CC3CCCO3)CC2)on1. The molecule has 156 valence electrons. The lowest BCUT2D eigenvalue weighted by Gasteiger charge is -2.29. The van der Waals surface area contributed by atoms with Crippen molar-refractivity contribution in [2.45, 2.75) is 70.8 Å². The molecule has 1 N–H and O–H groups in total. The van der Waals surface area contributed by atoms with Gasteiger partial charge in [-0.1, -0.05) is 5.16 Å². The number of hydrogen-bond acceptors (Lipinski definition) is 6. The third kappa shape index (κ3) is 5.01. The second kappa shape index (κ2) is 9.03. The summed E-state index contributed by atoms with van der Waals surface area (Å²) in [5.74, 6) is 2.55. The molecule has 2 aromatic heterocycles. The molecule has 1 atom stereocenters. The Balaban J connectivity index is 1.32. The van der Waals surface area contributed by atoms with Gasteiger partial charge in [-0.3, -0.25) is 4.79 Å². The molecule has 1 unspecified atom stereocenters. The number of carbonyl (C=O) groups excluding carboxylic acids is 1. The van der Waals surface area contributed by atoms with Crippen LogP contribution in [-0.2, 0) is 9.53 Å². The fraction of sp³-hybridized carbons (Fsp3) is 0.636. The number of nitrogens with one attached hydrogen (secondary N) is 1. The molecule has 0 spiro atoms. The van der Waals surface area contributed by atoms with Crippen LogP contribution in [0.5, 0.6) is 0 Å². The lowest BCUT2D eigenvalue weighted by molar-refractivity contribution is -0.123. The lowest BCUT2D eigenvalue weighted by Crippen LogP contribution is -2.33. The smallest absolute Gasteiger partial charge is 0.222 e. The van der Waals surface area contributed by atoms with Gasteiger partial charge in [0.25, 0.3) is 0 Å². The minimum Gasteiger partial charge on any atom is -0.378 e. The number of nitrogens with zero attached hydrogens (tertiary/aromatic N) is 3. The summed E-state index contributed by atoms with van der Waals surface area (Å²) >= 11 is 0. The van der Waals surface area contributed by atoms with Crippen molar-refractivity contribution >= 4 is 5.91 Å². The summed E-state index contributed by atoms with van der Waals surface area (Å²) in [5, 5.41) is 7.13. The van der Waals surface area contributed by atoms with Crippen molar-refractivity contribution in [3.8, 4) is 11.3 Å². The third-order valence-corrected chi connectivity index (χ3v) is 6.09. The molecule has 1 aliphatic carbocycles. The van der Waals surface area contributed by atoms with Gasteiger partial charge in [-0.15, -0.1) is 0 Å². The van der Waals surface area contributed by atoms with Crippen LogP contribution in [0.1, 0.15) is 68.1 Å². The van der Waals surface area contributed by atoms with Gasteiger partial charge in [0.15, 0.2) is 5.76 Å². The van der Waals surface area contributed by atoms with E-state index in [1.54, 1.807) is 0 Å². The topological polar surface area (TPSA) is 90.1 Å². The first kappa shape index (κ1) is 20.0. The van der Waals surface area contributed by atoms with E-state index in [1.807, 2.05) is 26.1 Å². The summed E-state index contributed by atoms with van der Waals surface area (Å²) in [5.41, 5.74) is 2.87. The van der Waals surface area contributed by atoms with Crippen LogP contribution in [0.15, 0.2) is 16.8 Å². The number of rotatable bonds is 6. The predicted molar refractivity (Wildman–Crippen MR) is 108 cm³/mol. The molecule has 7 nitrogen and oxygen atoms in total. The first-order chi connectivity index (χ1) is 14.1. The second-order valence-electron chi connectivity index (χ2n) is 8.41. The van der Waals surface area contributed by atoms with Crippen LogP contribution in [0.4, 0.5) is 0 Å². The van der Waals surface area contributed by atoms with Crippen LogP contribution in [0, 0.1) is 19.8 Å². The summed E-state index contributed by atoms with van der Waals surface area (Å²) < 4.78 is 11.0. The molecule has 2 aliphatic rings. The van der Waals surface area contributed by atoms with Gasteiger partial charge in [0, 0.05) is 31.3 Å². The van der Waals surface area contributed by atoms with Crippen molar-refractivity contribution < 1.29 is 14.1 Å².